The van der Waals surface area contributed by atoms with Crippen molar-refractivity contribution < 1.29 is 4.74 Å². The Hall–Kier alpha value is 0.640. The van der Waals surface area contributed by atoms with Crippen LogP contribution >= 0.6 is 69.6 Å². The van der Waals surface area contributed by atoms with Crippen LogP contribution in [-0.2, 0) is 0 Å². The first kappa shape index (κ1) is 19.0. The van der Waals surface area contributed by atoms with E-state index in [4.69, 9.17) is 74.3 Å². The van der Waals surface area contributed by atoms with E-state index in [0.29, 0.717) is 0 Å². The smallest absolute Gasteiger partial charge is 0.218 e. The highest BCUT2D eigenvalue weighted by Gasteiger charge is 2.45. The van der Waals surface area contributed by atoms with Gasteiger partial charge in [0.15, 0.2) is 0 Å². The molecule has 0 aromatic heterocycles. The molecule has 3 N–H and O–H groups in total. The predicted octanol–water partition coefficient (Wildman–Crippen LogP) is 3.87. The maximum Gasteiger partial charge on any atom is 0.218 e. The zero-order valence-electron chi connectivity index (χ0n) is 11.2. The Morgan fingerprint density at radius 3 is 1.64 bits per heavy atom. The molecule has 1 aromatic rings. The van der Waals surface area contributed by atoms with E-state index in [1.165, 1.54) is 0 Å². The van der Waals surface area contributed by atoms with E-state index in [9.17, 15) is 0 Å². The van der Waals surface area contributed by atoms with Gasteiger partial charge in [0, 0.05) is 0 Å². The van der Waals surface area contributed by atoms with Crippen LogP contribution in [0.1, 0.15) is 11.7 Å². The molecule has 1 fully saturated rings. The lowest BCUT2D eigenvalue weighted by Gasteiger charge is -2.43. The molecular formula is C12H13Cl6N3O. The number of methoxy groups -OCH3 is 1. The summed E-state index contributed by atoms with van der Waals surface area (Å²) in [6.07, 6.45) is -1.81. The standard InChI is InChI=1S/C12H13Cl6N3O/c1-22-7-4-2-6(3-5-7)8-19-9(11(13,14)15)21-10(20-8)12(16,17)18/h2-5,8-10,19-21H,1H3. The summed E-state index contributed by atoms with van der Waals surface area (Å²) in [4.78, 5) is 0. The number of benzene rings is 1. The molecule has 0 saturated carbocycles. The minimum atomic E-state index is -1.62. The van der Waals surface area contributed by atoms with Crippen molar-refractivity contribution in [2.24, 2.45) is 0 Å². The average molecular weight is 428 g/mol. The predicted molar refractivity (Wildman–Crippen MR) is 93.3 cm³/mol. The largest absolute Gasteiger partial charge is 0.497 e. The number of rotatable bonds is 2. The molecule has 0 aliphatic carbocycles. The highest BCUT2D eigenvalue weighted by molar-refractivity contribution is 6.68. The van der Waals surface area contributed by atoms with Gasteiger partial charge in [-0.1, -0.05) is 81.7 Å². The van der Waals surface area contributed by atoms with Gasteiger partial charge in [-0.3, -0.25) is 16.0 Å². The van der Waals surface area contributed by atoms with E-state index >= 15 is 0 Å². The van der Waals surface area contributed by atoms with Crippen molar-refractivity contribution in [2.75, 3.05) is 7.11 Å². The molecule has 0 radical (unpaired) electrons. The molecule has 1 heterocycles. The third-order valence-corrected chi connectivity index (χ3v) is 4.41. The number of alkyl halides is 6. The van der Waals surface area contributed by atoms with Crippen LogP contribution in [0.25, 0.3) is 0 Å². The fourth-order valence-corrected chi connectivity index (χ4v) is 2.77. The second-order valence-electron chi connectivity index (χ2n) is 4.66. The van der Waals surface area contributed by atoms with Crippen molar-refractivity contribution in [1.29, 1.82) is 0 Å². The Morgan fingerprint density at radius 1 is 0.818 bits per heavy atom. The molecule has 124 valence electrons. The molecule has 1 aliphatic rings. The topological polar surface area (TPSA) is 45.3 Å². The number of hydrogen-bond acceptors (Lipinski definition) is 4. The highest BCUT2D eigenvalue weighted by atomic mass is 35.6. The fraction of sp³-hybridized carbons (Fsp3) is 0.500. The quantitative estimate of drug-likeness (QED) is 0.627. The molecule has 2 unspecified atom stereocenters. The van der Waals surface area contributed by atoms with Crippen LogP contribution in [0.15, 0.2) is 24.3 Å². The summed E-state index contributed by atoms with van der Waals surface area (Å²) >= 11 is 35.7. The number of halogens is 6. The SMILES string of the molecule is COc1ccc(C2NC(C(Cl)(Cl)Cl)NC(C(Cl)(Cl)Cl)N2)cc1. The van der Waals surface area contributed by atoms with Gasteiger partial charge in [-0.25, -0.2) is 0 Å². The minimum absolute atomic E-state index is 0.381. The zero-order chi connectivity index (χ0) is 16.5. The van der Waals surface area contributed by atoms with E-state index in [1.807, 2.05) is 24.3 Å². The Labute approximate surface area is 158 Å². The molecule has 22 heavy (non-hydrogen) atoms. The maximum absolute atomic E-state index is 5.96. The van der Waals surface area contributed by atoms with Gasteiger partial charge < -0.3 is 4.74 Å². The highest BCUT2D eigenvalue weighted by Crippen LogP contribution is 2.36. The Kier molecular flexibility index (Phi) is 6.26. The van der Waals surface area contributed by atoms with Gasteiger partial charge in [0.2, 0.25) is 7.59 Å². The third-order valence-electron chi connectivity index (χ3n) is 3.10. The first-order valence-electron chi connectivity index (χ1n) is 6.17. The number of ether oxygens (including phenoxy) is 1. The average Bonchev–Trinajstić information content (AvgIpc) is 2.45. The molecule has 1 aliphatic heterocycles. The number of nitrogens with one attached hydrogen (secondary N) is 3. The van der Waals surface area contributed by atoms with Gasteiger partial charge in [0.1, 0.15) is 18.1 Å². The molecule has 2 rings (SSSR count). The first-order chi connectivity index (χ1) is 10.1. The summed E-state index contributed by atoms with van der Waals surface area (Å²) in [5.41, 5.74) is 0.876. The van der Waals surface area contributed by atoms with Crippen LogP contribution in [-0.4, -0.2) is 27.0 Å². The molecule has 1 aromatic carbocycles. The summed E-state index contributed by atoms with van der Waals surface area (Å²) in [5.74, 6) is 0.730. The molecule has 0 bridgehead atoms. The fourth-order valence-electron chi connectivity index (χ4n) is 2.01. The molecule has 1 saturated heterocycles. The van der Waals surface area contributed by atoms with Gasteiger partial charge in [-0.05, 0) is 17.7 Å². The van der Waals surface area contributed by atoms with Gasteiger partial charge >= 0.3 is 0 Å². The maximum atomic E-state index is 5.96. The van der Waals surface area contributed by atoms with E-state index in [0.717, 1.165) is 11.3 Å². The van der Waals surface area contributed by atoms with Crippen molar-refractivity contribution in [2.45, 2.75) is 26.1 Å². The van der Waals surface area contributed by atoms with Crippen molar-refractivity contribution in [1.82, 2.24) is 16.0 Å². The summed E-state index contributed by atoms with van der Waals surface area (Å²) in [6.45, 7) is 0. The van der Waals surface area contributed by atoms with Crippen LogP contribution < -0.4 is 20.7 Å². The van der Waals surface area contributed by atoms with Gasteiger partial charge in [-0.15, -0.1) is 0 Å². The third kappa shape index (κ3) is 4.82. The van der Waals surface area contributed by atoms with E-state index in [2.05, 4.69) is 16.0 Å². The summed E-state index contributed by atoms with van der Waals surface area (Å²) in [5, 5.41) is 9.15. The molecule has 0 spiro atoms. The number of hydrogen-bond donors (Lipinski definition) is 3. The van der Waals surface area contributed by atoms with Crippen molar-refractivity contribution in [3.05, 3.63) is 29.8 Å². The molecule has 4 nitrogen and oxygen atoms in total. The lowest BCUT2D eigenvalue weighted by molar-refractivity contribution is 0.203. The van der Waals surface area contributed by atoms with E-state index in [-0.39, 0.29) is 6.17 Å². The second-order valence-corrected chi connectivity index (χ2v) is 9.39. The minimum Gasteiger partial charge on any atom is -0.497 e. The van der Waals surface area contributed by atoms with Crippen molar-refractivity contribution in [3.63, 3.8) is 0 Å². The van der Waals surface area contributed by atoms with Gasteiger partial charge in [0.05, 0.1) is 13.3 Å². The van der Waals surface area contributed by atoms with E-state index in [1.54, 1.807) is 7.11 Å². The lowest BCUT2D eigenvalue weighted by atomic mass is 10.1. The normalized spacial score (nSPS) is 26.8. The summed E-state index contributed by atoms with van der Waals surface area (Å²) < 4.78 is 1.88. The van der Waals surface area contributed by atoms with Crippen LogP contribution in [0.3, 0.4) is 0 Å². The Bertz CT molecular complexity index is 479. The van der Waals surface area contributed by atoms with Crippen LogP contribution in [0, 0.1) is 0 Å². The van der Waals surface area contributed by atoms with Gasteiger partial charge in [-0.2, -0.15) is 0 Å². The molecule has 0 amide bonds. The Morgan fingerprint density at radius 2 is 1.27 bits per heavy atom. The van der Waals surface area contributed by atoms with Crippen LogP contribution in [0.4, 0.5) is 0 Å². The molecular weight excluding hydrogens is 415 g/mol. The summed E-state index contributed by atoms with van der Waals surface area (Å²) in [6, 6.07) is 7.35. The Balaban J connectivity index is 2.25. The molecule has 2 atom stereocenters. The van der Waals surface area contributed by atoms with Gasteiger partial charge in [0.25, 0.3) is 0 Å². The van der Waals surface area contributed by atoms with Crippen LogP contribution in [0.2, 0.25) is 0 Å². The van der Waals surface area contributed by atoms with Crippen molar-refractivity contribution >= 4 is 69.6 Å². The first-order valence-corrected chi connectivity index (χ1v) is 8.43. The monoisotopic (exact) mass is 425 g/mol. The van der Waals surface area contributed by atoms with Crippen LogP contribution in [0.5, 0.6) is 5.75 Å². The zero-order valence-corrected chi connectivity index (χ0v) is 15.8. The summed E-state index contributed by atoms with van der Waals surface area (Å²) in [7, 11) is 1.59. The van der Waals surface area contributed by atoms with Crippen molar-refractivity contribution in [3.8, 4) is 5.75 Å². The van der Waals surface area contributed by atoms with E-state index < -0.39 is 19.9 Å². The lowest BCUT2D eigenvalue weighted by Crippen LogP contribution is -2.70. The molecule has 10 heteroatoms. The second kappa shape index (κ2) is 7.26.